The lowest BCUT2D eigenvalue weighted by Gasteiger charge is -2.47. The van der Waals surface area contributed by atoms with Gasteiger partial charge in [-0.15, -0.1) is 0 Å². The summed E-state index contributed by atoms with van der Waals surface area (Å²) in [7, 11) is -7.60. The van der Waals surface area contributed by atoms with Crippen LogP contribution in [-0.2, 0) is 16.5 Å². The van der Waals surface area contributed by atoms with Crippen molar-refractivity contribution in [3.63, 3.8) is 0 Å². The second kappa shape index (κ2) is 4.18. The second-order valence-corrected chi connectivity index (χ2v) is 17.9. The van der Waals surface area contributed by atoms with Crippen LogP contribution >= 0.6 is 0 Å². The maximum Gasteiger partial charge on any atom is 0.469 e. The molecule has 0 aliphatic carbocycles. The molecule has 8 heteroatoms. The van der Waals surface area contributed by atoms with Gasteiger partial charge in [-0.05, 0) is 39.3 Å². The summed E-state index contributed by atoms with van der Waals surface area (Å²) in [5, 5.41) is 0. The summed E-state index contributed by atoms with van der Waals surface area (Å²) in [6, 6.07) is 0. The minimum atomic E-state index is -2.41. The average Bonchev–Trinajstić information content (AvgIpc) is 1.70. The molecule has 0 amide bonds. The van der Waals surface area contributed by atoms with E-state index in [1.807, 2.05) is 6.55 Å². The van der Waals surface area contributed by atoms with Gasteiger partial charge >= 0.3 is 25.9 Å². The highest BCUT2D eigenvalue weighted by Crippen LogP contribution is 2.31. The fourth-order valence-corrected chi connectivity index (χ4v) is 20.2. The summed E-state index contributed by atoms with van der Waals surface area (Å²) < 4.78 is 23.9. The van der Waals surface area contributed by atoms with Gasteiger partial charge in [0.1, 0.15) is 0 Å². The van der Waals surface area contributed by atoms with Crippen molar-refractivity contribution >= 4 is 35.0 Å². The highest BCUT2D eigenvalue weighted by Gasteiger charge is 2.54. The van der Waals surface area contributed by atoms with E-state index in [4.69, 9.17) is 16.5 Å². The topological polar surface area (TPSA) is 36.9 Å². The van der Waals surface area contributed by atoms with E-state index in [2.05, 4.69) is 39.3 Å². The molecule has 90 valence electrons. The predicted octanol–water partition coefficient (Wildman–Crippen LogP) is 2.02. The van der Waals surface area contributed by atoms with Gasteiger partial charge in [0.05, 0.1) is 0 Å². The molecule has 0 saturated carbocycles. The third-order valence-corrected chi connectivity index (χ3v) is 16.2. The molecule has 0 spiro atoms. The Hall–Kier alpha value is 0.708. The third kappa shape index (κ3) is 4.23. The molecule has 1 saturated heterocycles. The van der Waals surface area contributed by atoms with Gasteiger partial charge in [0, 0.05) is 6.55 Å². The molecule has 1 rings (SSSR count). The van der Waals surface area contributed by atoms with Crippen molar-refractivity contribution in [2.24, 2.45) is 0 Å². The Morgan fingerprint density at radius 1 is 0.800 bits per heavy atom. The van der Waals surface area contributed by atoms with Gasteiger partial charge in [-0.1, -0.05) is 0 Å². The van der Waals surface area contributed by atoms with Crippen LogP contribution in [0.2, 0.25) is 45.8 Å². The zero-order chi connectivity index (χ0) is 11.9. The lowest BCUT2D eigenvalue weighted by Crippen LogP contribution is -2.67. The van der Waals surface area contributed by atoms with Crippen molar-refractivity contribution in [1.82, 2.24) is 0 Å². The Morgan fingerprint density at radius 2 is 1.20 bits per heavy atom. The molecule has 1 aliphatic heterocycles. The maximum atomic E-state index is 5.99. The van der Waals surface area contributed by atoms with Crippen molar-refractivity contribution in [2.45, 2.75) is 45.8 Å². The number of hydrogen-bond acceptors (Lipinski definition) is 4. The van der Waals surface area contributed by atoms with E-state index in [0.717, 1.165) is 0 Å². The quantitative estimate of drug-likeness (QED) is 0.726. The summed E-state index contributed by atoms with van der Waals surface area (Å²) in [5.74, 6) is 0. The Balaban J connectivity index is 2.82. The van der Waals surface area contributed by atoms with Crippen molar-refractivity contribution in [3.05, 3.63) is 0 Å². The van der Waals surface area contributed by atoms with E-state index < -0.39 is 35.0 Å². The lowest BCUT2D eigenvalue weighted by molar-refractivity contribution is 0.173. The molecule has 4 nitrogen and oxygen atoms in total. The molecule has 1 fully saturated rings. The van der Waals surface area contributed by atoms with Gasteiger partial charge in [0.2, 0.25) is 0 Å². The molecule has 1 heterocycles. The Bertz CT molecular complexity index is 227. The maximum absolute atomic E-state index is 5.99. The van der Waals surface area contributed by atoms with Crippen LogP contribution in [0.25, 0.3) is 0 Å². The number of rotatable bonds is 2. The lowest BCUT2D eigenvalue weighted by atomic mass is 11.9. The van der Waals surface area contributed by atoms with Gasteiger partial charge in [0.25, 0.3) is 0 Å². The first-order valence-corrected chi connectivity index (χ1v) is 16.0. The predicted molar refractivity (Wildman–Crippen MR) is 69.8 cm³/mol. The zero-order valence-electron chi connectivity index (χ0n) is 10.7. The first kappa shape index (κ1) is 13.8. The average molecular weight is 283 g/mol. The summed E-state index contributed by atoms with van der Waals surface area (Å²) in [4.78, 5) is 0. The summed E-state index contributed by atoms with van der Waals surface area (Å²) in [6.45, 7) is 14.6. The Morgan fingerprint density at radius 3 is 1.53 bits per heavy atom. The SMILES string of the molecule is C[SiH](C)O[Si]1(C)O[Si](C)(C)O[Si](C)(C)O1. The largest absolute Gasteiger partial charge is 0.469 e. The molecular weight excluding hydrogens is 260 g/mol. The molecule has 0 unspecified atom stereocenters. The Labute approximate surface area is 97.5 Å². The summed E-state index contributed by atoms with van der Waals surface area (Å²) in [6.07, 6.45) is 0. The van der Waals surface area contributed by atoms with Gasteiger partial charge in [-0.2, -0.15) is 0 Å². The van der Waals surface area contributed by atoms with Crippen molar-refractivity contribution in [3.8, 4) is 0 Å². The molecule has 0 atom stereocenters. The first-order valence-electron chi connectivity index (χ1n) is 5.32. The standard InChI is InChI=1S/C7H22O4Si4/c1-12(2)8-15(7)10-13(3,4)9-14(5,6)11-15/h12H,1-7H3. The van der Waals surface area contributed by atoms with Crippen LogP contribution in [0.1, 0.15) is 0 Å². The molecule has 0 bridgehead atoms. The molecule has 0 radical (unpaired) electrons. The minimum Gasteiger partial charge on any atom is -0.420 e. The van der Waals surface area contributed by atoms with E-state index in [9.17, 15) is 0 Å². The van der Waals surface area contributed by atoms with Crippen LogP contribution in [0.4, 0.5) is 0 Å². The summed E-state index contributed by atoms with van der Waals surface area (Å²) >= 11 is 0. The molecular formula is C7H22O4Si4. The van der Waals surface area contributed by atoms with Crippen molar-refractivity contribution in [1.29, 1.82) is 0 Å². The second-order valence-electron chi connectivity index (χ2n) is 5.13. The van der Waals surface area contributed by atoms with Gasteiger partial charge < -0.3 is 16.5 Å². The van der Waals surface area contributed by atoms with Crippen molar-refractivity contribution in [2.75, 3.05) is 0 Å². The van der Waals surface area contributed by atoms with Crippen LogP contribution in [0, 0.1) is 0 Å². The first-order chi connectivity index (χ1) is 6.54. The highest BCUT2D eigenvalue weighted by molar-refractivity contribution is 6.92. The van der Waals surface area contributed by atoms with Gasteiger partial charge in [0.15, 0.2) is 9.04 Å². The van der Waals surface area contributed by atoms with Gasteiger partial charge in [-0.25, -0.2) is 0 Å². The van der Waals surface area contributed by atoms with Crippen LogP contribution in [0.5, 0.6) is 0 Å². The fourth-order valence-electron chi connectivity index (χ4n) is 2.02. The fraction of sp³-hybridized carbons (Fsp3) is 1.00. The number of hydrogen-bond donors (Lipinski definition) is 0. The van der Waals surface area contributed by atoms with Crippen LogP contribution in [0.15, 0.2) is 0 Å². The van der Waals surface area contributed by atoms with Crippen LogP contribution in [0.3, 0.4) is 0 Å². The normalized spacial score (nSPS) is 28.0. The van der Waals surface area contributed by atoms with E-state index in [0.29, 0.717) is 0 Å². The van der Waals surface area contributed by atoms with Crippen LogP contribution in [-0.4, -0.2) is 35.0 Å². The molecule has 0 aromatic carbocycles. The molecule has 0 N–H and O–H groups in total. The smallest absolute Gasteiger partial charge is 0.420 e. The van der Waals surface area contributed by atoms with E-state index in [1.54, 1.807) is 0 Å². The van der Waals surface area contributed by atoms with E-state index >= 15 is 0 Å². The molecule has 0 aromatic rings. The Kier molecular flexibility index (Phi) is 3.84. The zero-order valence-corrected chi connectivity index (χ0v) is 14.9. The van der Waals surface area contributed by atoms with Crippen LogP contribution < -0.4 is 0 Å². The highest BCUT2D eigenvalue weighted by atomic mass is 28.5. The summed E-state index contributed by atoms with van der Waals surface area (Å²) in [5.41, 5.74) is 0. The van der Waals surface area contributed by atoms with Crippen molar-refractivity contribution < 1.29 is 16.5 Å². The van der Waals surface area contributed by atoms with Gasteiger partial charge in [-0.3, -0.25) is 0 Å². The van der Waals surface area contributed by atoms with E-state index in [1.165, 1.54) is 0 Å². The minimum absolute atomic E-state index is 1.13. The molecule has 15 heavy (non-hydrogen) atoms. The molecule has 1 aliphatic rings. The van der Waals surface area contributed by atoms with E-state index in [-0.39, 0.29) is 0 Å². The molecule has 0 aromatic heterocycles. The monoisotopic (exact) mass is 282 g/mol. The third-order valence-electron chi connectivity index (χ3n) is 1.80.